The van der Waals surface area contributed by atoms with Gasteiger partial charge in [-0.15, -0.1) is 11.3 Å². The van der Waals surface area contributed by atoms with Gasteiger partial charge in [0.05, 0.1) is 6.61 Å². The Balaban J connectivity index is 2.89. The molecule has 0 aliphatic rings. The molecule has 0 saturated heterocycles. The van der Waals surface area contributed by atoms with E-state index in [0.717, 1.165) is 5.56 Å². The molecule has 0 fully saturated rings. The Morgan fingerprint density at radius 3 is 2.52 bits per heavy atom. The second-order valence-corrected chi connectivity index (χ2v) is 8.54. The van der Waals surface area contributed by atoms with Gasteiger partial charge in [-0.3, -0.25) is 0 Å². The number of nitrogens with zero attached hydrogens (tertiary/aromatic N) is 1. The third-order valence-corrected chi connectivity index (χ3v) is 6.54. The predicted octanol–water partition coefficient (Wildman–Crippen LogP) is 2.29. The molecule has 0 unspecified atom stereocenters. The van der Waals surface area contributed by atoms with Crippen LogP contribution >= 0.6 is 11.3 Å². The van der Waals surface area contributed by atoms with Crippen molar-refractivity contribution >= 4 is 21.4 Å². The monoisotopic (exact) mass is 334 g/mol. The van der Waals surface area contributed by atoms with Gasteiger partial charge in [0.15, 0.2) is 0 Å². The molecule has 0 aliphatic heterocycles. The number of methoxy groups -OCH3 is 1. The smallest absolute Gasteiger partial charge is 0.252 e. The summed E-state index contributed by atoms with van der Waals surface area (Å²) in [6, 6.07) is 2.04. The fraction of sp³-hybridized carbons (Fsp3) is 0.714. The molecule has 0 spiro atoms. The van der Waals surface area contributed by atoms with Crippen LogP contribution in [-0.2, 0) is 21.3 Å². The Labute approximate surface area is 132 Å². The number of nitrogens with one attached hydrogen (secondary N) is 1. The predicted molar refractivity (Wildman–Crippen MR) is 87.2 cm³/mol. The first kappa shape index (κ1) is 18.6. The summed E-state index contributed by atoms with van der Waals surface area (Å²) >= 11 is 1.28. The molecule has 1 aromatic rings. The van der Waals surface area contributed by atoms with Gasteiger partial charge in [0.25, 0.3) is 10.0 Å². The number of hydrogen-bond acceptors (Lipinski definition) is 5. The highest BCUT2D eigenvalue weighted by molar-refractivity contribution is 7.91. The summed E-state index contributed by atoms with van der Waals surface area (Å²) < 4.78 is 32.3. The van der Waals surface area contributed by atoms with Crippen molar-refractivity contribution in [1.29, 1.82) is 0 Å². The van der Waals surface area contributed by atoms with E-state index in [0.29, 0.717) is 29.9 Å². The SMILES string of the molecule is COCCN(C(C)C)S(=O)(=O)c1cc(CNC(C)C)cs1. The van der Waals surface area contributed by atoms with Gasteiger partial charge in [-0.05, 0) is 30.9 Å². The van der Waals surface area contributed by atoms with E-state index in [-0.39, 0.29) is 6.04 Å². The molecule has 0 aliphatic carbocycles. The van der Waals surface area contributed by atoms with Crippen molar-refractivity contribution in [2.75, 3.05) is 20.3 Å². The highest BCUT2D eigenvalue weighted by atomic mass is 32.2. The minimum atomic E-state index is -3.45. The summed E-state index contributed by atoms with van der Waals surface area (Å²) in [6.07, 6.45) is 0. The number of ether oxygens (including phenoxy) is 1. The molecule has 1 rings (SSSR count). The summed E-state index contributed by atoms with van der Waals surface area (Å²) in [5.74, 6) is 0. The van der Waals surface area contributed by atoms with E-state index in [1.807, 2.05) is 19.2 Å². The first-order valence-electron chi connectivity index (χ1n) is 7.10. The molecule has 0 amide bonds. The van der Waals surface area contributed by atoms with Gasteiger partial charge >= 0.3 is 0 Å². The van der Waals surface area contributed by atoms with Gasteiger partial charge in [-0.1, -0.05) is 13.8 Å². The molecule has 21 heavy (non-hydrogen) atoms. The average molecular weight is 335 g/mol. The third kappa shape index (κ3) is 5.34. The van der Waals surface area contributed by atoms with Gasteiger partial charge < -0.3 is 10.1 Å². The second-order valence-electron chi connectivity index (χ2n) is 5.51. The van der Waals surface area contributed by atoms with Crippen LogP contribution in [0.3, 0.4) is 0 Å². The summed E-state index contributed by atoms with van der Waals surface area (Å²) in [5.41, 5.74) is 1.00. The molecule has 7 heteroatoms. The Morgan fingerprint density at radius 2 is 2.00 bits per heavy atom. The molecule has 1 heterocycles. The minimum Gasteiger partial charge on any atom is -0.383 e. The third-order valence-electron chi connectivity index (χ3n) is 3.00. The maximum absolute atomic E-state index is 12.7. The van der Waals surface area contributed by atoms with Crippen molar-refractivity contribution in [1.82, 2.24) is 9.62 Å². The average Bonchev–Trinajstić information content (AvgIpc) is 2.85. The van der Waals surface area contributed by atoms with E-state index in [1.54, 1.807) is 13.2 Å². The number of rotatable bonds is 9. The van der Waals surface area contributed by atoms with Crippen LogP contribution in [0.2, 0.25) is 0 Å². The van der Waals surface area contributed by atoms with Crippen molar-refractivity contribution in [2.45, 2.75) is 50.5 Å². The zero-order chi connectivity index (χ0) is 16.0. The van der Waals surface area contributed by atoms with Crippen LogP contribution in [0.25, 0.3) is 0 Å². The lowest BCUT2D eigenvalue weighted by Crippen LogP contribution is -2.38. The Kier molecular flexibility index (Phi) is 7.29. The van der Waals surface area contributed by atoms with E-state index in [9.17, 15) is 8.42 Å². The Bertz CT molecular complexity index is 524. The van der Waals surface area contributed by atoms with Crippen LogP contribution in [0.15, 0.2) is 15.7 Å². The van der Waals surface area contributed by atoms with Gasteiger partial charge in [0.1, 0.15) is 4.21 Å². The first-order chi connectivity index (χ1) is 9.78. The maximum atomic E-state index is 12.7. The highest BCUT2D eigenvalue weighted by Crippen LogP contribution is 2.25. The van der Waals surface area contributed by atoms with Crippen LogP contribution in [0.4, 0.5) is 0 Å². The minimum absolute atomic E-state index is 0.0931. The molecule has 0 aromatic carbocycles. The van der Waals surface area contributed by atoms with Crippen molar-refractivity contribution in [2.24, 2.45) is 0 Å². The van der Waals surface area contributed by atoms with Crippen LogP contribution in [0, 0.1) is 0 Å². The zero-order valence-electron chi connectivity index (χ0n) is 13.4. The maximum Gasteiger partial charge on any atom is 0.252 e. The second kappa shape index (κ2) is 8.24. The Morgan fingerprint density at radius 1 is 1.33 bits per heavy atom. The number of hydrogen-bond donors (Lipinski definition) is 1. The van der Waals surface area contributed by atoms with Crippen molar-refractivity contribution < 1.29 is 13.2 Å². The lowest BCUT2D eigenvalue weighted by atomic mass is 10.3. The fourth-order valence-electron chi connectivity index (χ4n) is 1.86. The molecular formula is C14H26N2O3S2. The van der Waals surface area contributed by atoms with Crippen molar-refractivity contribution in [3.8, 4) is 0 Å². The highest BCUT2D eigenvalue weighted by Gasteiger charge is 2.28. The zero-order valence-corrected chi connectivity index (χ0v) is 15.1. The molecule has 0 atom stereocenters. The summed E-state index contributed by atoms with van der Waals surface area (Å²) in [4.78, 5) is 0. The van der Waals surface area contributed by atoms with Crippen LogP contribution in [-0.4, -0.2) is 45.1 Å². The van der Waals surface area contributed by atoms with E-state index >= 15 is 0 Å². The van der Waals surface area contributed by atoms with E-state index < -0.39 is 10.0 Å². The van der Waals surface area contributed by atoms with Crippen LogP contribution in [0.5, 0.6) is 0 Å². The number of thiophene rings is 1. The van der Waals surface area contributed by atoms with Gasteiger partial charge in [0.2, 0.25) is 0 Å². The molecule has 0 radical (unpaired) electrons. The molecular weight excluding hydrogens is 308 g/mol. The normalized spacial score (nSPS) is 12.8. The molecule has 122 valence electrons. The fourth-order valence-corrected chi connectivity index (χ4v) is 4.81. The van der Waals surface area contributed by atoms with E-state index in [4.69, 9.17) is 4.74 Å². The summed E-state index contributed by atoms with van der Waals surface area (Å²) in [5, 5.41) is 5.19. The summed E-state index contributed by atoms with van der Waals surface area (Å²) in [6.45, 7) is 9.33. The standard InChI is InChI=1S/C14H26N2O3S2/c1-11(2)15-9-13-8-14(20-10-13)21(17,18)16(12(3)4)6-7-19-5/h8,10-12,15H,6-7,9H2,1-5H3. The molecule has 0 saturated carbocycles. The lowest BCUT2D eigenvalue weighted by Gasteiger charge is -2.24. The van der Waals surface area contributed by atoms with Crippen LogP contribution < -0.4 is 5.32 Å². The van der Waals surface area contributed by atoms with Crippen molar-refractivity contribution in [3.05, 3.63) is 17.0 Å². The van der Waals surface area contributed by atoms with Gasteiger partial charge in [-0.25, -0.2) is 8.42 Å². The van der Waals surface area contributed by atoms with Crippen molar-refractivity contribution in [3.63, 3.8) is 0 Å². The summed E-state index contributed by atoms with van der Waals surface area (Å²) in [7, 11) is -1.87. The van der Waals surface area contributed by atoms with Crippen LogP contribution in [0.1, 0.15) is 33.3 Å². The largest absolute Gasteiger partial charge is 0.383 e. The topological polar surface area (TPSA) is 58.6 Å². The molecule has 5 nitrogen and oxygen atoms in total. The Hall–Kier alpha value is -0.470. The van der Waals surface area contributed by atoms with E-state index in [2.05, 4.69) is 19.2 Å². The molecule has 1 N–H and O–H groups in total. The molecule has 1 aromatic heterocycles. The van der Waals surface area contributed by atoms with E-state index in [1.165, 1.54) is 15.6 Å². The lowest BCUT2D eigenvalue weighted by molar-refractivity contribution is 0.171. The quantitative estimate of drug-likeness (QED) is 0.753. The first-order valence-corrected chi connectivity index (χ1v) is 9.42. The van der Waals surface area contributed by atoms with Gasteiger partial charge in [0, 0.05) is 32.3 Å². The molecule has 0 bridgehead atoms. The van der Waals surface area contributed by atoms with Gasteiger partial charge in [-0.2, -0.15) is 4.31 Å². The number of sulfonamides is 1.